The Hall–Kier alpha value is -3.01. The molecule has 1 aliphatic rings. The fourth-order valence-corrected chi connectivity index (χ4v) is 4.98. The number of halogens is 2. The molecule has 1 atom stereocenters. The quantitative estimate of drug-likeness (QED) is 0.308. The Morgan fingerprint density at radius 1 is 1.15 bits per heavy atom. The van der Waals surface area contributed by atoms with Gasteiger partial charge in [0, 0.05) is 23.6 Å². The molecule has 3 aromatic rings. The summed E-state index contributed by atoms with van der Waals surface area (Å²) in [6.45, 7) is 10.7. The monoisotopic (exact) mass is 576 g/mol. The summed E-state index contributed by atoms with van der Waals surface area (Å²) in [5.41, 5.74) is -0.314. The van der Waals surface area contributed by atoms with Crippen LogP contribution in [0.2, 0.25) is 10.0 Å². The number of fused-ring (bicyclic) bond motifs is 1. The summed E-state index contributed by atoms with van der Waals surface area (Å²) in [6, 6.07) is 8.85. The smallest absolute Gasteiger partial charge is 0.407 e. The summed E-state index contributed by atoms with van der Waals surface area (Å²) < 4.78 is 18.3. The first kappa shape index (κ1) is 29.0. The lowest BCUT2D eigenvalue weighted by Gasteiger charge is -2.55. The van der Waals surface area contributed by atoms with Gasteiger partial charge in [-0.1, -0.05) is 44.0 Å². The van der Waals surface area contributed by atoms with Crippen molar-refractivity contribution in [3.8, 4) is 11.5 Å². The van der Waals surface area contributed by atoms with Gasteiger partial charge in [-0.05, 0) is 43.5 Å². The zero-order valence-corrected chi connectivity index (χ0v) is 24.5. The number of aromatic nitrogens is 2. The van der Waals surface area contributed by atoms with Gasteiger partial charge < -0.3 is 24.6 Å². The number of amides is 1. The summed E-state index contributed by atoms with van der Waals surface area (Å²) in [5.74, 6) is 1.60. The van der Waals surface area contributed by atoms with E-state index in [-0.39, 0.29) is 18.6 Å². The van der Waals surface area contributed by atoms with Crippen molar-refractivity contribution < 1.29 is 24.1 Å². The van der Waals surface area contributed by atoms with Crippen molar-refractivity contribution in [2.75, 3.05) is 32.2 Å². The van der Waals surface area contributed by atoms with Gasteiger partial charge in [-0.2, -0.15) is 0 Å². The molecule has 39 heavy (non-hydrogen) atoms. The number of ether oxygens (including phenoxy) is 3. The van der Waals surface area contributed by atoms with Gasteiger partial charge in [-0.15, -0.1) is 0 Å². The second-order valence-electron chi connectivity index (χ2n) is 11.3. The van der Waals surface area contributed by atoms with Gasteiger partial charge >= 0.3 is 6.09 Å². The number of carboxylic acid groups (broad SMARTS) is 1. The molecule has 4 rings (SSSR count). The third kappa shape index (κ3) is 5.95. The number of nitrogens with zero attached hydrogens (tertiary/aromatic N) is 3. The average Bonchev–Trinajstić information content (AvgIpc) is 2.86. The van der Waals surface area contributed by atoms with E-state index in [9.17, 15) is 9.90 Å². The maximum Gasteiger partial charge on any atom is 0.407 e. The van der Waals surface area contributed by atoms with E-state index in [1.54, 1.807) is 25.3 Å². The molecule has 11 heteroatoms. The third-order valence-electron chi connectivity index (χ3n) is 7.31. The van der Waals surface area contributed by atoms with E-state index in [4.69, 9.17) is 37.4 Å². The summed E-state index contributed by atoms with van der Waals surface area (Å²) in [5, 5.41) is 14.8. The Morgan fingerprint density at radius 2 is 1.90 bits per heavy atom. The van der Waals surface area contributed by atoms with E-state index >= 15 is 0 Å². The molecular formula is C28H34Cl2N4O5. The molecule has 1 aliphatic heterocycles. The normalized spacial score (nSPS) is 19.1. The Balaban J connectivity index is 1.57. The van der Waals surface area contributed by atoms with Gasteiger partial charge in [0.25, 0.3) is 0 Å². The molecule has 1 fully saturated rings. The molecule has 1 amide bonds. The van der Waals surface area contributed by atoms with Crippen LogP contribution in [0, 0.1) is 5.41 Å². The zero-order chi connectivity index (χ0) is 28.6. The van der Waals surface area contributed by atoms with Crippen LogP contribution in [0.25, 0.3) is 10.9 Å². The van der Waals surface area contributed by atoms with E-state index in [0.717, 1.165) is 11.1 Å². The van der Waals surface area contributed by atoms with Crippen molar-refractivity contribution in [1.29, 1.82) is 0 Å². The number of morpholine rings is 1. The summed E-state index contributed by atoms with van der Waals surface area (Å²) in [6.07, 6.45) is 0.982. The number of benzene rings is 2. The standard InChI is InChI=1S/C28H34Cl2N4O5/c1-26(2,3)28(14-34(25(35)36)27(4,5)15-39-28)9-10-38-23-13-21-18(12-22(23)37-6)24(32-16-31-21)33-17-7-8-19(29)20(30)11-17/h7-8,11-13,16H,9-10,14-15H2,1-6H3,(H,35,36)(H,31,32,33). The highest BCUT2D eigenvalue weighted by molar-refractivity contribution is 6.42. The molecule has 0 saturated carbocycles. The molecule has 0 radical (unpaired) electrons. The van der Waals surface area contributed by atoms with Gasteiger partial charge in [0.1, 0.15) is 12.1 Å². The maximum atomic E-state index is 12.1. The molecule has 1 saturated heterocycles. The van der Waals surface area contributed by atoms with Crippen LogP contribution in [-0.4, -0.2) is 64.1 Å². The van der Waals surface area contributed by atoms with E-state index < -0.39 is 17.2 Å². The Bertz CT molecular complexity index is 1380. The average molecular weight is 578 g/mol. The highest BCUT2D eigenvalue weighted by Crippen LogP contribution is 2.43. The van der Waals surface area contributed by atoms with Crippen LogP contribution in [0.15, 0.2) is 36.7 Å². The molecule has 210 valence electrons. The second-order valence-corrected chi connectivity index (χ2v) is 12.1. The van der Waals surface area contributed by atoms with Crippen LogP contribution in [0.3, 0.4) is 0 Å². The van der Waals surface area contributed by atoms with Crippen molar-refractivity contribution in [3.63, 3.8) is 0 Å². The van der Waals surface area contributed by atoms with Gasteiger partial charge in [-0.25, -0.2) is 14.8 Å². The number of hydrogen-bond acceptors (Lipinski definition) is 7. The second kappa shape index (κ2) is 10.9. The number of nitrogens with one attached hydrogen (secondary N) is 1. The first-order chi connectivity index (χ1) is 18.3. The minimum absolute atomic E-state index is 0.244. The van der Waals surface area contributed by atoms with Gasteiger partial charge in [-0.3, -0.25) is 4.90 Å². The van der Waals surface area contributed by atoms with Crippen LogP contribution >= 0.6 is 23.2 Å². The number of methoxy groups -OCH3 is 1. The van der Waals surface area contributed by atoms with Crippen LogP contribution in [0.1, 0.15) is 41.0 Å². The van der Waals surface area contributed by atoms with Gasteiger partial charge in [0.05, 0.1) is 53.6 Å². The van der Waals surface area contributed by atoms with Gasteiger partial charge in [0.15, 0.2) is 11.5 Å². The lowest BCUT2D eigenvalue weighted by molar-refractivity contribution is -0.200. The Morgan fingerprint density at radius 3 is 2.54 bits per heavy atom. The zero-order valence-electron chi connectivity index (χ0n) is 23.0. The lowest BCUT2D eigenvalue weighted by Crippen LogP contribution is -2.66. The van der Waals surface area contributed by atoms with Crippen LogP contribution < -0.4 is 14.8 Å². The largest absolute Gasteiger partial charge is 0.493 e. The fourth-order valence-electron chi connectivity index (χ4n) is 4.69. The van der Waals surface area contributed by atoms with Crippen molar-refractivity contribution in [2.45, 2.75) is 52.2 Å². The number of carbonyl (C=O) groups is 1. The first-order valence-electron chi connectivity index (χ1n) is 12.6. The van der Waals surface area contributed by atoms with E-state index in [1.807, 2.05) is 26.0 Å². The minimum Gasteiger partial charge on any atom is -0.493 e. The van der Waals surface area contributed by atoms with E-state index in [2.05, 4.69) is 36.1 Å². The molecule has 2 N–H and O–H groups in total. The van der Waals surface area contributed by atoms with E-state index in [1.165, 1.54) is 11.2 Å². The third-order valence-corrected chi connectivity index (χ3v) is 8.05. The highest BCUT2D eigenvalue weighted by Gasteiger charge is 2.52. The van der Waals surface area contributed by atoms with Crippen molar-refractivity contribution in [3.05, 3.63) is 46.7 Å². The molecule has 9 nitrogen and oxygen atoms in total. The molecule has 0 aliphatic carbocycles. The molecular weight excluding hydrogens is 543 g/mol. The molecule has 2 heterocycles. The molecule has 0 bridgehead atoms. The fraction of sp³-hybridized carbons (Fsp3) is 0.464. The molecule has 0 spiro atoms. The summed E-state index contributed by atoms with van der Waals surface area (Å²) in [7, 11) is 1.57. The number of rotatable bonds is 7. The number of anilines is 2. The van der Waals surface area contributed by atoms with Crippen molar-refractivity contribution in [2.24, 2.45) is 5.41 Å². The van der Waals surface area contributed by atoms with Crippen LogP contribution in [0.5, 0.6) is 11.5 Å². The first-order valence-corrected chi connectivity index (χ1v) is 13.3. The van der Waals surface area contributed by atoms with Crippen molar-refractivity contribution >= 4 is 51.7 Å². The molecule has 1 unspecified atom stereocenters. The van der Waals surface area contributed by atoms with Crippen LogP contribution in [0.4, 0.5) is 16.3 Å². The highest BCUT2D eigenvalue weighted by atomic mass is 35.5. The summed E-state index contributed by atoms with van der Waals surface area (Å²) >= 11 is 12.2. The molecule has 2 aromatic carbocycles. The predicted octanol–water partition coefficient (Wildman–Crippen LogP) is 7.03. The van der Waals surface area contributed by atoms with Gasteiger partial charge in [0.2, 0.25) is 0 Å². The maximum absolute atomic E-state index is 12.1. The predicted molar refractivity (Wildman–Crippen MR) is 153 cm³/mol. The SMILES string of the molecule is COc1cc2c(Nc3ccc(Cl)c(Cl)c3)ncnc2cc1OCCC1(C(C)(C)C)CN(C(=O)O)C(C)(C)CO1. The van der Waals surface area contributed by atoms with E-state index in [0.29, 0.717) is 45.9 Å². The lowest BCUT2D eigenvalue weighted by atomic mass is 9.72. The van der Waals surface area contributed by atoms with Crippen molar-refractivity contribution in [1.82, 2.24) is 14.9 Å². The Kier molecular flexibility index (Phi) is 8.08. The summed E-state index contributed by atoms with van der Waals surface area (Å²) in [4.78, 5) is 22.3. The van der Waals surface area contributed by atoms with Crippen LogP contribution in [-0.2, 0) is 4.74 Å². The number of hydrogen-bond donors (Lipinski definition) is 2. The Labute approximate surface area is 238 Å². The minimum atomic E-state index is -0.959. The topological polar surface area (TPSA) is 106 Å². The molecule has 1 aromatic heterocycles.